The molecule has 0 aliphatic carbocycles. The SMILES string of the molecule is COCCCNC(=O)C(C)Nc1cccc(Cl)c1Cl. The predicted molar refractivity (Wildman–Crippen MR) is 79.0 cm³/mol. The molecule has 1 rings (SSSR count). The summed E-state index contributed by atoms with van der Waals surface area (Å²) in [6.07, 6.45) is 0.785. The first-order chi connectivity index (χ1) is 9.06. The zero-order chi connectivity index (χ0) is 14.3. The molecule has 1 atom stereocenters. The minimum absolute atomic E-state index is 0.0906. The second-order valence-electron chi connectivity index (χ2n) is 4.10. The van der Waals surface area contributed by atoms with Crippen LogP contribution in [-0.4, -0.2) is 32.2 Å². The Morgan fingerprint density at radius 2 is 2.16 bits per heavy atom. The Bertz CT molecular complexity index is 427. The van der Waals surface area contributed by atoms with Gasteiger partial charge in [0.2, 0.25) is 5.91 Å². The summed E-state index contributed by atoms with van der Waals surface area (Å²) in [5, 5.41) is 6.72. The monoisotopic (exact) mass is 304 g/mol. The summed E-state index contributed by atoms with van der Waals surface area (Å²) in [4.78, 5) is 11.8. The summed E-state index contributed by atoms with van der Waals surface area (Å²) in [7, 11) is 1.63. The fourth-order valence-electron chi connectivity index (χ4n) is 1.50. The third-order valence-corrected chi connectivity index (χ3v) is 3.36. The molecule has 0 heterocycles. The van der Waals surface area contributed by atoms with Gasteiger partial charge in [-0.2, -0.15) is 0 Å². The highest BCUT2D eigenvalue weighted by molar-refractivity contribution is 6.43. The molecule has 0 fully saturated rings. The average molecular weight is 305 g/mol. The number of methoxy groups -OCH3 is 1. The Labute approximate surface area is 123 Å². The molecule has 19 heavy (non-hydrogen) atoms. The van der Waals surface area contributed by atoms with E-state index in [4.69, 9.17) is 27.9 Å². The van der Waals surface area contributed by atoms with Crippen LogP contribution in [0, 0.1) is 0 Å². The number of amides is 1. The van der Waals surface area contributed by atoms with Gasteiger partial charge in [0.15, 0.2) is 0 Å². The van der Waals surface area contributed by atoms with Crippen molar-refractivity contribution >= 4 is 34.8 Å². The normalized spacial score (nSPS) is 12.0. The summed E-state index contributed by atoms with van der Waals surface area (Å²) in [5.41, 5.74) is 0.647. The Kier molecular flexibility index (Phi) is 6.99. The molecule has 0 aliphatic rings. The molecule has 0 saturated carbocycles. The lowest BCUT2D eigenvalue weighted by atomic mass is 10.2. The number of benzene rings is 1. The third-order valence-electron chi connectivity index (χ3n) is 2.54. The first-order valence-corrected chi connectivity index (χ1v) is 6.79. The second-order valence-corrected chi connectivity index (χ2v) is 4.89. The largest absolute Gasteiger partial charge is 0.385 e. The number of rotatable bonds is 7. The van der Waals surface area contributed by atoms with E-state index in [9.17, 15) is 4.79 Å². The molecule has 0 aliphatic heterocycles. The van der Waals surface area contributed by atoms with Crippen LogP contribution in [-0.2, 0) is 9.53 Å². The average Bonchev–Trinajstić information content (AvgIpc) is 2.39. The van der Waals surface area contributed by atoms with E-state index in [0.717, 1.165) is 6.42 Å². The van der Waals surface area contributed by atoms with Crippen molar-refractivity contribution in [2.24, 2.45) is 0 Å². The molecule has 0 spiro atoms. The summed E-state index contributed by atoms with van der Waals surface area (Å²) in [6.45, 7) is 2.98. The maximum absolute atomic E-state index is 11.8. The van der Waals surface area contributed by atoms with Crippen LogP contribution in [0.15, 0.2) is 18.2 Å². The Hall–Kier alpha value is -0.970. The van der Waals surface area contributed by atoms with Gasteiger partial charge in [0, 0.05) is 20.3 Å². The molecule has 0 aromatic heterocycles. The van der Waals surface area contributed by atoms with E-state index in [1.54, 1.807) is 32.2 Å². The Morgan fingerprint density at radius 3 is 2.84 bits per heavy atom. The van der Waals surface area contributed by atoms with E-state index in [2.05, 4.69) is 10.6 Å². The molecule has 1 unspecified atom stereocenters. The van der Waals surface area contributed by atoms with Gasteiger partial charge in [0.1, 0.15) is 6.04 Å². The Balaban J connectivity index is 2.47. The summed E-state index contributed by atoms with van der Waals surface area (Å²) in [5.74, 6) is -0.0906. The number of carbonyl (C=O) groups is 1. The quantitative estimate of drug-likeness (QED) is 0.762. The van der Waals surface area contributed by atoms with E-state index < -0.39 is 6.04 Å². The number of hydrogen-bond donors (Lipinski definition) is 2. The molecule has 6 heteroatoms. The number of carbonyl (C=O) groups excluding carboxylic acids is 1. The van der Waals surface area contributed by atoms with E-state index in [0.29, 0.717) is 28.9 Å². The standard InChI is InChI=1S/C13H18Cl2N2O2/c1-9(13(18)16-7-4-8-19-2)17-11-6-3-5-10(14)12(11)15/h3,5-6,9,17H,4,7-8H2,1-2H3,(H,16,18). The van der Waals surface area contributed by atoms with Crippen LogP contribution >= 0.6 is 23.2 Å². The van der Waals surface area contributed by atoms with Gasteiger partial charge < -0.3 is 15.4 Å². The lowest BCUT2D eigenvalue weighted by molar-refractivity contribution is -0.121. The predicted octanol–water partition coefficient (Wildman–Crippen LogP) is 2.95. The van der Waals surface area contributed by atoms with Crippen molar-refractivity contribution in [2.75, 3.05) is 25.6 Å². The molecule has 1 amide bonds. The van der Waals surface area contributed by atoms with Crippen LogP contribution in [0.4, 0.5) is 5.69 Å². The van der Waals surface area contributed by atoms with Crippen molar-refractivity contribution in [1.29, 1.82) is 0 Å². The summed E-state index contributed by atoms with van der Waals surface area (Å²) in [6, 6.07) is 4.87. The number of ether oxygens (including phenoxy) is 1. The van der Waals surface area contributed by atoms with Crippen LogP contribution in [0.5, 0.6) is 0 Å². The minimum atomic E-state index is -0.390. The van der Waals surface area contributed by atoms with Gasteiger partial charge >= 0.3 is 0 Å². The molecule has 0 radical (unpaired) electrons. The van der Waals surface area contributed by atoms with Gasteiger partial charge in [-0.15, -0.1) is 0 Å². The molecule has 1 aromatic carbocycles. The van der Waals surface area contributed by atoms with Gasteiger partial charge in [0.25, 0.3) is 0 Å². The van der Waals surface area contributed by atoms with Crippen molar-refractivity contribution < 1.29 is 9.53 Å². The van der Waals surface area contributed by atoms with Gasteiger partial charge in [-0.3, -0.25) is 4.79 Å². The van der Waals surface area contributed by atoms with Gasteiger partial charge in [0.05, 0.1) is 15.7 Å². The molecule has 0 bridgehead atoms. The van der Waals surface area contributed by atoms with Gasteiger partial charge in [-0.1, -0.05) is 29.3 Å². The van der Waals surface area contributed by atoms with E-state index >= 15 is 0 Å². The molecule has 4 nitrogen and oxygen atoms in total. The van der Waals surface area contributed by atoms with E-state index in [1.165, 1.54) is 0 Å². The van der Waals surface area contributed by atoms with Crippen LogP contribution in [0.25, 0.3) is 0 Å². The molecule has 106 valence electrons. The van der Waals surface area contributed by atoms with Crippen LogP contribution < -0.4 is 10.6 Å². The van der Waals surface area contributed by atoms with Crippen molar-refractivity contribution in [3.8, 4) is 0 Å². The van der Waals surface area contributed by atoms with Gasteiger partial charge in [-0.05, 0) is 25.5 Å². The van der Waals surface area contributed by atoms with Crippen molar-refractivity contribution in [2.45, 2.75) is 19.4 Å². The zero-order valence-electron chi connectivity index (χ0n) is 11.0. The number of hydrogen-bond acceptors (Lipinski definition) is 3. The molecule has 1 aromatic rings. The summed E-state index contributed by atoms with van der Waals surface area (Å²) >= 11 is 12.0. The first kappa shape index (κ1) is 16.1. The summed E-state index contributed by atoms with van der Waals surface area (Å²) < 4.78 is 4.91. The van der Waals surface area contributed by atoms with Crippen molar-refractivity contribution in [3.63, 3.8) is 0 Å². The van der Waals surface area contributed by atoms with E-state index in [-0.39, 0.29) is 5.91 Å². The number of nitrogens with one attached hydrogen (secondary N) is 2. The fourth-order valence-corrected chi connectivity index (χ4v) is 1.85. The molecular formula is C13H18Cl2N2O2. The topological polar surface area (TPSA) is 50.4 Å². The highest BCUT2D eigenvalue weighted by atomic mass is 35.5. The Morgan fingerprint density at radius 1 is 1.42 bits per heavy atom. The first-order valence-electron chi connectivity index (χ1n) is 6.03. The third kappa shape index (κ3) is 5.27. The van der Waals surface area contributed by atoms with Crippen LogP contribution in [0.2, 0.25) is 10.0 Å². The van der Waals surface area contributed by atoms with E-state index in [1.807, 2.05) is 0 Å². The van der Waals surface area contributed by atoms with Crippen LogP contribution in [0.1, 0.15) is 13.3 Å². The van der Waals surface area contributed by atoms with Crippen molar-refractivity contribution in [1.82, 2.24) is 5.32 Å². The zero-order valence-corrected chi connectivity index (χ0v) is 12.5. The fraction of sp³-hybridized carbons (Fsp3) is 0.462. The smallest absolute Gasteiger partial charge is 0.242 e. The van der Waals surface area contributed by atoms with Gasteiger partial charge in [-0.25, -0.2) is 0 Å². The maximum atomic E-state index is 11.8. The van der Waals surface area contributed by atoms with Crippen molar-refractivity contribution in [3.05, 3.63) is 28.2 Å². The molecule has 0 saturated heterocycles. The second kappa shape index (κ2) is 8.25. The highest BCUT2D eigenvalue weighted by Gasteiger charge is 2.14. The van der Waals surface area contributed by atoms with Crippen LogP contribution in [0.3, 0.4) is 0 Å². The lowest BCUT2D eigenvalue weighted by Crippen LogP contribution is -2.38. The maximum Gasteiger partial charge on any atom is 0.242 e. The number of halogens is 2. The molecular weight excluding hydrogens is 287 g/mol. The highest BCUT2D eigenvalue weighted by Crippen LogP contribution is 2.29. The molecule has 2 N–H and O–H groups in total. The minimum Gasteiger partial charge on any atom is -0.385 e. The number of anilines is 1. The lowest BCUT2D eigenvalue weighted by Gasteiger charge is -2.16.